The van der Waals surface area contributed by atoms with Crippen LogP contribution in [0, 0.1) is 5.92 Å². The van der Waals surface area contributed by atoms with Crippen LogP contribution >= 0.6 is 0 Å². The van der Waals surface area contributed by atoms with E-state index in [1.54, 1.807) is 0 Å². The summed E-state index contributed by atoms with van der Waals surface area (Å²) in [4.78, 5) is 0. The minimum absolute atomic E-state index is 0.308. The lowest BCUT2D eigenvalue weighted by Gasteiger charge is -2.18. The molecule has 0 unspecified atom stereocenters. The number of hydrogen-bond acceptors (Lipinski definition) is 2. The number of rotatable bonds is 14. The zero-order valence-electron chi connectivity index (χ0n) is 14.3. The molecule has 21 heavy (non-hydrogen) atoms. The molecule has 1 fully saturated rings. The van der Waals surface area contributed by atoms with Gasteiger partial charge in [-0.25, -0.2) is 0 Å². The van der Waals surface area contributed by atoms with Crippen LogP contribution in [0.1, 0.15) is 96.8 Å². The molecule has 0 bridgehead atoms. The summed E-state index contributed by atoms with van der Waals surface area (Å²) in [5.74, 6) is 0.415. The summed E-state index contributed by atoms with van der Waals surface area (Å²) in [5.41, 5.74) is 0. The van der Waals surface area contributed by atoms with Gasteiger partial charge in [-0.05, 0) is 19.3 Å². The summed E-state index contributed by atoms with van der Waals surface area (Å²) in [6.45, 7) is 3.49. The number of unbranched alkanes of at least 4 members (excludes halogenated alkanes) is 10. The van der Waals surface area contributed by atoms with Crippen molar-refractivity contribution >= 4 is 0 Å². The van der Waals surface area contributed by atoms with Crippen molar-refractivity contribution in [1.29, 1.82) is 0 Å². The molecule has 2 heteroatoms. The second-order valence-electron chi connectivity index (χ2n) is 6.82. The normalized spacial score (nSPS) is 22.0. The van der Waals surface area contributed by atoms with Gasteiger partial charge in [0.15, 0.2) is 0 Å². The molecule has 2 nitrogen and oxygen atoms in total. The number of aliphatic hydroxyl groups is 1. The molecule has 1 N–H and O–H groups in total. The van der Waals surface area contributed by atoms with Crippen molar-refractivity contribution < 1.29 is 9.84 Å². The van der Waals surface area contributed by atoms with Gasteiger partial charge >= 0.3 is 0 Å². The van der Waals surface area contributed by atoms with E-state index in [4.69, 9.17) is 4.74 Å². The first-order valence-electron chi connectivity index (χ1n) is 9.61. The fraction of sp³-hybridized carbons (Fsp3) is 1.00. The molecule has 0 aromatic carbocycles. The van der Waals surface area contributed by atoms with E-state index in [1.165, 1.54) is 77.0 Å². The molecule has 0 spiro atoms. The molecule has 0 heterocycles. The Morgan fingerprint density at radius 2 is 1.38 bits per heavy atom. The van der Waals surface area contributed by atoms with E-state index in [2.05, 4.69) is 6.92 Å². The molecular formula is C19H38O2. The van der Waals surface area contributed by atoms with Gasteiger partial charge in [-0.2, -0.15) is 0 Å². The SMILES string of the molecule is CCCCCCCCCCCCCO[C@@H]1CCC[C@H]1CO. The molecule has 126 valence electrons. The Kier molecular flexibility index (Phi) is 12.3. The Bertz CT molecular complexity index is 218. The highest BCUT2D eigenvalue weighted by Gasteiger charge is 2.26. The Morgan fingerprint density at radius 3 is 1.95 bits per heavy atom. The number of aliphatic hydroxyl groups excluding tert-OH is 1. The second-order valence-corrected chi connectivity index (χ2v) is 6.82. The first-order valence-corrected chi connectivity index (χ1v) is 9.61. The zero-order valence-corrected chi connectivity index (χ0v) is 14.3. The van der Waals surface area contributed by atoms with E-state index >= 15 is 0 Å². The van der Waals surface area contributed by atoms with Gasteiger partial charge in [0.1, 0.15) is 0 Å². The van der Waals surface area contributed by atoms with E-state index in [0.29, 0.717) is 18.6 Å². The van der Waals surface area contributed by atoms with E-state index in [1.807, 2.05) is 0 Å². The fourth-order valence-corrected chi connectivity index (χ4v) is 3.43. The lowest BCUT2D eigenvalue weighted by Crippen LogP contribution is -2.21. The van der Waals surface area contributed by atoms with Crippen LogP contribution in [0.25, 0.3) is 0 Å². The van der Waals surface area contributed by atoms with Crippen molar-refractivity contribution in [2.75, 3.05) is 13.2 Å². The van der Waals surface area contributed by atoms with Crippen LogP contribution in [-0.2, 0) is 4.74 Å². The molecule has 0 aromatic rings. The van der Waals surface area contributed by atoms with Gasteiger partial charge in [-0.1, -0.05) is 77.6 Å². The quantitative estimate of drug-likeness (QED) is 0.431. The Hall–Kier alpha value is -0.0800. The molecule has 0 aromatic heterocycles. The van der Waals surface area contributed by atoms with Gasteiger partial charge in [0.2, 0.25) is 0 Å². The number of hydrogen-bond donors (Lipinski definition) is 1. The lowest BCUT2D eigenvalue weighted by molar-refractivity contribution is 0.00875. The van der Waals surface area contributed by atoms with Gasteiger partial charge in [-0.15, -0.1) is 0 Å². The fourth-order valence-electron chi connectivity index (χ4n) is 3.43. The van der Waals surface area contributed by atoms with Crippen LogP contribution < -0.4 is 0 Å². The van der Waals surface area contributed by atoms with Crippen LogP contribution in [0.15, 0.2) is 0 Å². The summed E-state index contributed by atoms with van der Waals surface area (Å²) in [6.07, 6.45) is 19.1. The molecule has 1 rings (SSSR count). The average molecular weight is 299 g/mol. The van der Waals surface area contributed by atoms with Crippen molar-refractivity contribution in [3.05, 3.63) is 0 Å². The third kappa shape index (κ3) is 9.52. The van der Waals surface area contributed by atoms with Crippen molar-refractivity contribution in [3.63, 3.8) is 0 Å². The summed E-state index contributed by atoms with van der Waals surface area (Å²) in [6, 6.07) is 0. The molecule has 0 aliphatic heterocycles. The van der Waals surface area contributed by atoms with Crippen LogP contribution in [0.5, 0.6) is 0 Å². The predicted molar refractivity (Wildman–Crippen MR) is 90.6 cm³/mol. The van der Waals surface area contributed by atoms with Crippen LogP contribution in [0.2, 0.25) is 0 Å². The summed E-state index contributed by atoms with van der Waals surface area (Å²) < 4.78 is 5.93. The smallest absolute Gasteiger partial charge is 0.0625 e. The standard InChI is InChI=1S/C19H38O2/c1-2-3-4-5-6-7-8-9-10-11-12-16-21-19-15-13-14-18(19)17-20/h18-20H,2-17H2,1H3/t18-,19+/m0/s1. The summed E-state index contributed by atoms with van der Waals surface area (Å²) in [5, 5.41) is 9.25. The highest BCUT2D eigenvalue weighted by molar-refractivity contribution is 4.77. The summed E-state index contributed by atoms with van der Waals surface area (Å²) >= 11 is 0. The van der Waals surface area contributed by atoms with Crippen molar-refractivity contribution in [3.8, 4) is 0 Å². The van der Waals surface area contributed by atoms with Gasteiger partial charge in [0.05, 0.1) is 6.10 Å². The van der Waals surface area contributed by atoms with Crippen molar-refractivity contribution in [2.45, 2.75) is 103 Å². The summed E-state index contributed by atoms with van der Waals surface area (Å²) in [7, 11) is 0. The first-order chi connectivity index (χ1) is 10.4. The van der Waals surface area contributed by atoms with E-state index in [9.17, 15) is 5.11 Å². The first kappa shape index (κ1) is 19.0. The minimum Gasteiger partial charge on any atom is -0.396 e. The molecule has 1 aliphatic rings. The number of ether oxygens (including phenoxy) is 1. The van der Waals surface area contributed by atoms with E-state index in [-0.39, 0.29) is 0 Å². The highest BCUT2D eigenvalue weighted by atomic mass is 16.5. The van der Waals surface area contributed by atoms with E-state index < -0.39 is 0 Å². The monoisotopic (exact) mass is 298 g/mol. The Balaban J connectivity index is 1.76. The lowest BCUT2D eigenvalue weighted by atomic mass is 10.1. The minimum atomic E-state index is 0.308. The van der Waals surface area contributed by atoms with Gasteiger partial charge < -0.3 is 9.84 Å². The van der Waals surface area contributed by atoms with Crippen LogP contribution in [-0.4, -0.2) is 24.4 Å². The maximum atomic E-state index is 9.25. The van der Waals surface area contributed by atoms with Gasteiger partial charge in [-0.3, -0.25) is 0 Å². The average Bonchev–Trinajstić information content (AvgIpc) is 2.96. The molecule has 1 saturated carbocycles. The maximum Gasteiger partial charge on any atom is 0.0625 e. The molecule has 0 radical (unpaired) electrons. The largest absolute Gasteiger partial charge is 0.396 e. The second kappa shape index (κ2) is 13.6. The molecule has 2 atom stereocenters. The predicted octanol–water partition coefficient (Wildman–Crippen LogP) is 5.48. The molecule has 1 aliphatic carbocycles. The molecule has 0 saturated heterocycles. The van der Waals surface area contributed by atoms with Crippen molar-refractivity contribution in [1.82, 2.24) is 0 Å². The van der Waals surface area contributed by atoms with Gasteiger partial charge in [0.25, 0.3) is 0 Å². The van der Waals surface area contributed by atoms with Gasteiger partial charge in [0, 0.05) is 19.1 Å². The third-order valence-corrected chi connectivity index (χ3v) is 4.90. The molecular weight excluding hydrogens is 260 g/mol. The van der Waals surface area contributed by atoms with Crippen LogP contribution in [0.3, 0.4) is 0 Å². The zero-order chi connectivity index (χ0) is 15.2. The Morgan fingerprint density at radius 1 is 0.810 bits per heavy atom. The topological polar surface area (TPSA) is 29.5 Å². The van der Waals surface area contributed by atoms with Crippen molar-refractivity contribution in [2.24, 2.45) is 5.92 Å². The maximum absolute atomic E-state index is 9.25. The Labute approximate surface area is 132 Å². The highest BCUT2D eigenvalue weighted by Crippen LogP contribution is 2.27. The van der Waals surface area contributed by atoms with E-state index in [0.717, 1.165) is 19.4 Å². The van der Waals surface area contributed by atoms with Crippen LogP contribution in [0.4, 0.5) is 0 Å². The molecule has 0 amide bonds. The third-order valence-electron chi connectivity index (χ3n) is 4.90.